The van der Waals surface area contributed by atoms with Gasteiger partial charge in [-0.15, -0.1) is 0 Å². The summed E-state index contributed by atoms with van der Waals surface area (Å²) in [5.74, 6) is -4.68. The van der Waals surface area contributed by atoms with Gasteiger partial charge in [0.15, 0.2) is 6.04 Å². The van der Waals surface area contributed by atoms with Gasteiger partial charge in [0.25, 0.3) is 0 Å². The Kier molecular flexibility index (Phi) is 4.13. The van der Waals surface area contributed by atoms with Gasteiger partial charge in [0, 0.05) is 0 Å². The van der Waals surface area contributed by atoms with Crippen LogP contribution >= 0.6 is 0 Å². The molecular weight excluding hydrogens is 270 g/mol. The molecule has 0 saturated heterocycles. The first-order valence-corrected chi connectivity index (χ1v) is 4.99. The first-order chi connectivity index (χ1) is 8.62. The van der Waals surface area contributed by atoms with E-state index in [1.165, 1.54) is 12.2 Å². The lowest BCUT2D eigenvalue weighted by molar-refractivity contribution is -0.175. The number of halogens is 4. The van der Waals surface area contributed by atoms with E-state index in [0.29, 0.717) is 0 Å². The predicted octanol–water partition coefficient (Wildman–Crippen LogP) is 1.94. The third kappa shape index (κ3) is 3.67. The molecule has 2 N–H and O–H groups in total. The number of carbonyl (C=O) groups is 2. The number of aliphatic carboxylic acids is 1. The zero-order valence-corrected chi connectivity index (χ0v) is 9.58. The van der Waals surface area contributed by atoms with E-state index in [0.717, 1.165) is 18.2 Å². The molecule has 0 aliphatic heterocycles. The van der Waals surface area contributed by atoms with Crippen LogP contribution in [0.4, 0.5) is 17.6 Å². The molecule has 0 aliphatic carbocycles. The van der Waals surface area contributed by atoms with Crippen molar-refractivity contribution < 1.29 is 32.3 Å². The van der Waals surface area contributed by atoms with Crippen LogP contribution < -0.4 is 5.32 Å². The van der Waals surface area contributed by atoms with Gasteiger partial charge in [-0.2, -0.15) is 13.2 Å². The molecule has 8 heteroatoms. The van der Waals surface area contributed by atoms with Gasteiger partial charge < -0.3 is 10.4 Å². The number of alkyl halides is 3. The molecule has 0 heterocycles. The molecule has 104 valence electrons. The minimum absolute atomic E-state index is 0.0602. The molecule has 0 spiro atoms. The summed E-state index contributed by atoms with van der Waals surface area (Å²) in [4.78, 5) is 21.6. The summed E-state index contributed by atoms with van der Waals surface area (Å²) in [7, 11) is 0. The molecule has 0 aromatic heterocycles. The van der Waals surface area contributed by atoms with Crippen molar-refractivity contribution >= 4 is 11.9 Å². The van der Waals surface area contributed by atoms with Crippen LogP contribution in [0.15, 0.2) is 18.2 Å². The summed E-state index contributed by atoms with van der Waals surface area (Å²) in [5, 5.41) is 10.2. The number of rotatable bonds is 3. The van der Waals surface area contributed by atoms with Crippen LogP contribution in [0.2, 0.25) is 0 Å². The van der Waals surface area contributed by atoms with Crippen LogP contribution in [0.3, 0.4) is 0 Å². The largest absolute Gasteiger partial charge is 0.479 e. The molecule has 19 heavy (non-hydrogen) atoms. The highest BCUT2D eigenvalue weighted by Gasteiger charge is 2.41. The van der Waals surface area contributed by atoms with E-state index >= 15 is 0 Å². The number of carboxylic acids is 1. The Balaban J connectivity index is 3.05. The van der Waals surface area contributed by atoms with Crippen molar-refractivity contribution in [3.8, 4) is 0 Å². The molecule has 0 saturated carbocycles. The number of aryl methyl sites for hydroxylation is 1. The molecular formula is C11H9F4NO3. The lowest BCUT2D eigenvalue weighted by Gasteiger charge is -2.16. The third-order valence-electron chi connectivity index (χ3n) is 2.30. The fourth-order valence-corrected chi connectivity index (χ4v) is 1.35. The maximum Gasteiger partial charge on any atom is 0.471 e. The standard InChI is InChI=1S/C11H9F4NO3/c1-5-4-6(2-3-7(5)12)8(9(17)18)16-10(19)11(13,14)15/h2-4,8H,1H3,(H,16,19)(H,17,18). The lowest BCUT2D eigenvalue weighted by atomic mass is 10.0. The minimum atomic E-state index is -5.19. The first kappa shape index (κ1) is 14.9. The van der Waals surface area contributed by atoms with Crippen molar-refractivity contribution in [3.63, 3.8) is 0 Å². The number of carbonyl (C=O) groups excluding carboxylic acids is 1. The second-order valence-electron chi connectivity index (χ2n) is 3.75. The van der Waals surface area contributed by atoms with Crippen molar-refractivity contribution in [1.82, 2.24) is 5.32 Å². The summed E-state index contributed by atoms with van der Waals surface area (Å²) in [6.07, 6.45) is -5.19. The van der Waals surface area contributed by atoms with Crippen LogP contribution in [0, 0.1) is 12.7 Å². The van der Waals surface area contributed by atoms with Crippen molar-refractivity contribution in [2.75, 3.05) is 0 Å². The van der Waals surface area contributed by atoms with Crippen LogP contribution in [0.1, 0.15) is 17.2 Å². The number of amides is 1. The van der Waals surface area contributed by atoms with Crippen molar-refractivity contribution in [1.29, 1.82) is 0 Å². The Labute approximate surface area is 105 Å². The second-order valence-corrected chi connectivity index (χ2v) is 3.75. The summed E-state index contributed by atoms with van der Waals surface area (Å²) < 4.78 is 49.2. The third-order valence-corrected chi connectivity index (χ3v) is 2.30. The molecule has 1 unspecified atom stereocenters. The van der Waals surface area contributed by atoms with Crippen molar-refractivity contribution in [2.24, 2.45) is 0 Å². The summed E-state index contributed by atoms with van der Waals surface area (Å²) in [6, 6.07) is 1.08. The van der Waals surface area contributed by atoms with Crippen molar-refractivity contribution in [2.45, 2.75) is 19.1 Å². The zero-order valence-electron chi connectivity index (χ0n) is 9.58. The Morgan fingerprint density at radius 2 is 1.89 bits per heavy atom. The Morgan fingerprint density at radius 1 is 1.32 bits per heavy atom. The number of nitrogens with one attached hydrogen (secondary N) is 1. The lowest BCUT2D eigenvalue weighted by Crippen LogP contribution is -2.41. The van der Waals surface area contributed by atoms with Gasteiger partial charge in [-0.1, -0.05) is 12.1 Å². The predicted molar refractivity (Wildman–Crippen MR) is 55.7 cm³/mol. The summed E-state index contributed by atoms with van der Waals surface area (Å²) in [6.45, 7) is 1.32. The first-order valence-electron chi connectivity index (χ1n) is 4.99. The summed E-state index contributed by atoms with van der Waals surface area (Å²) >= 11 is 0. The molecule has 1 aromatic rings. The summed E-state index contributed by atoms with van der Waals surface area (Å²) in [5.41, 5.74) is -0.0889. The van der Waals surface area contributed by atoms with Crippen LogP contribution in [-0.4, -0.2) is 23.2 Å². The van der Waals surface area contributed by atoms with Gasteiger partial charge in [0.1, 0.15) is 5.82 Å². The maximum absolute atomic E-state index is 13.0. The van der Waals surface area contributed by atoms with Gasteiger partial charge in [-0.3, -0.25) is 4.79 Å². The maximum atomic E-state index is 13.0. The fraction of sp³-hybridized carbons (Fsp3) is 0.273. The average Bonchev–Trinajstić information content (AvgIpc) is 2.27. The molecule has 1 amide bonds. The van der Waals surface area contributed by atoms with Gasteiger partial charge >= 0.3 is 18.1 Å². The van der Waals surface area contributed by atoms with Crippen molar-refractivity contribution in [3.05, 3.63) is 35.1 Å². The highest BCUT2D eigenvalue weighted by atomic mass is 19.4. The zero-order chi connectivity index (χ0) is 14.8. The molecule has 1 rings (SSSR count). The van der Waals surface area contributed by atoms with E-state index in [1.807, 2.05) is 0 Å². The molecule has 0 fully saturated rings. The SMILES string of the molecule is Cc1cc(C(NC(=O)C(F)(F)F)C(=O)O)ccc1F. The number of hydrogen-bond acceptors (Lipinski definition) is 2. The quantitative estimate of drug-likeness (QED) is 0.831. The molecule has 1 aromatic carbocycles. The van der Waals surface area contributed by atoms with E-state index < -0.39 is 29.9 Å². The van der Waals surface area contributed by atoms with Crippen LogP contribution in [-0.2, 0) is 9.59 Å². The van der Waals surface area contributed by atoms with Gasteiger partial charge in [0.2, 0.25) is 0 Å². The monoisotopic (exact) mass is 279 g/mol. The topological polar surface area (TPSA) is 66.4 Å². The second kappa shape index (κ2) is 5.25. The average molecular weight is 279 g/mol. The highest BCUT2D eigenvalue weighted by molar-refractivity contribution is 5.87. The van der Waals surface area contributed by atoms with E-state index in [9.17, 15) is 27.2 Å². The molecule has 1 atom stereocenters. The molecule has 0 bridgehead atoms. The van der Waals surface area contributed by atoms with Crippen LogP contribution in [0.5, 0.6) is 0 Å². The van der Waals surface area contributed by atoms with Gasteiger partial charge in [-0.05, 0) is 24.1 Å². The molecule has 0 radical (unpaired) electrons. The Morgan fingerprint density at radius 3 is 2.32 bits per heavy atom. The highest BCUT2D eigenvalue weighted by Crippen LogP contribution is 2.20. The van der Waals surface area contributed by atoms with E-state index in [1.54, 1.807) is 0 Å². The smallest absolute Gasteiger partial charge is 0.471 e. The Bertz CT molecular complexity index is 513. The minimum Gasteiger partial charge on any atom is -0.479 e. The van der Waals surface area contributed by atoms with E-state index in [-0.39, 0.29) is 11.1 Å². The Hall–Kier alpha value is -2.12. The van der Waals surface area contributed by atoms with E-state index in [4.69, 9.17) is 5.11 Å². The fourth-order valence-electron chi connectivity index (χ4n) is 1.35. The number of benzene rings is 1. The van der Waals surface area contributed by atoms with E-state index in [2.05, 4.69) is 0 Å². The van der Waals surface area contributed by atoms with Crippen LogP contribution in [0.25, 0.3) is 0 Å². The number of carboxylic acid groups (broad SMARTS) is 1. The van der Waals surface area contributed by atoms with Gasteiger partial charge in [-0.25, -0.2) is 9.18 Å². The normalized spacial score (nSPS) is 12.9. The molecule has 0 aliphatic rings. The molecule has 4 nitrogen and oxygen atoms in total. The number of hydrogen-bond donors (Lipinski definition) is 2. The van der Waals surface area contributed by atoms with Gasteiger partial charge in [0.05, 0.1) is 0 Å².